The molecule has 0 aliphatic carbocycles. The number of benzene rings is 1. The first-order chi connectivity index (χ1) is 12.7. The third-order valence-electron chi connectivity index (χ3n) is 4.49. The van der Waals surface area contributed by atoms with Gasteiger partial charge in [-0.2, -0.15) is 0 Å². The molecule has 3 aromatic rings. The molecule has 7 heteroatoms. The number of hydrogen-bond acceptors (Lipinski definition) is 6. The van der Waals surface area contributed by atoms with Crippen LogP contribution in [0.25, 0.3) is 11.4 Å². The van der Waals surface area contributed by atoms with Gasteiger partial charge < -0.3 is 10.6 Å². The molecular formula is C19H18N6O. The average molecular weight is 346 g/mol. The van der Waals surface area contributed by atoms with E-state index < -0.39 is 5.91 Å². The highest BCUT2D eigenvalue weighted by atomic mass is 16.1. The van der Waals surface area contributed by atoms with Gasteiger partial charge in [0, 0.05) is 36.3 Å². The summed E-state index contributed by atoms with van der Waals surface area (Å²) in [6.07, 6.45) is 7.28. The van der Waals surface area contributed by atoms with Gasteiger partial charge in [0.15, 0.2) is 5.82 Å². The Hall–Kier alpha value is -3.35. The van der Waals surface area contributed by atoms with Gasteiger partial charge in [-0.05, 0) is 37.1 Å². The number of nitrogens with two attached hydrogens (primary N) is 1. The minimum Gasteiger partial charge on any atom is -0.366 e. The highest BCUT2D eigenvalue weighted by molar-refractivity contribution is 5.93. The van der Waals surface area contributed by atoms with Gasteiger partial charge in [0.05, 0.1) is 11.7 Å². The fraction of sp³-hybridized carbons (Fsp3) is 0.211. The van der Waals surface area contributed by atoms with Crippen molar-refractivity contribution < 1.29 is 4.79 Å². The Labute approximate surface area is 151 Å². The second-order valence-corrected chi connectivity index (χ2v) is 6.15. The van der Waals surface area contributed by atoms with Crippen LogP contribution in [0.15, 0.2) is 55.0 Å². The summed E-state index contributed by atoms with van der Waals surface area (Å²) in [7, 11) is 0. The Morgan fingerprint density at radius 3 is 2.73 bits per heavy atom. The molecule has 4 rings (SSSR count). The fourth-order valence-corrected chi connectivity index (χ4v) is 3.26. The molecule has 1 amide bonds. The molecular weight excluding hydrogens is 328 g/mol. The van der Waals surface area contributed by atoms with E-state index in [4.69, 9.17) is 10.7 Å². The maximum Gasteiger partial charge on any atom is 0.248 e. The second-order valence-electron chi connectivity index (χ2n) is 6.15. The van der Waals surface area contributed by atoms with Gasteiger partial charge in [0.1, 0.15) is 0 Å². The van der Waals surface area contributed by atoms with E-state index in [2.05, 4.69) is 19.9 Å². The summed E-state index contributed by atoms with van der Waals surface area (Å²) >= 11 is 0. The van der Waals surface area contributed by atoms with Crippen molar-refractivity contribution in [3.05, 3.63) is 66.2 Å². The van der Waals surface area contributed by atoms with E-state index in [0.29, 0.717) is 17.3 Å². The van der Waals surface area contributed by atoms with Gasteiger partial charge >= 0.3 is 0 Å². The predicted octanol–water partition coefficient (Wildman–Crippen LogP) is 2.37. The van der Waals surface area contributed by atoms with Gasteiger partial charge in [-0.25, -0.2) is 19.9 Å². The van der Waals surface area contributed by atoms with Crippen molar-refractivity contribution in [3.63, 3.8) is 0 Å². The third kappa shape index (κ3) is 3.11. The first-order valence-corrected chi connectivity index (χ1v) is 8.49. The Morgan fingerprint density at radius 2 is 1.92 bits per heavy atom. The Bertz CT molecular complexity index is 930. The van der Waals surface area contributed by atoms with Crippen molar-refractivity contribution in [2.24, 2.45) is 5.73 Å². The molecule has 1 fully saturated rings. The van der Waals surface area contributed by atoms with Crippen LogP contribution in [0, 0.1) is 0 Å². The van der Waals surface area contributed by atoms with Crippen molar-refractivity contribution in [1.82, 2.24) is 19.9 Å². The molecule has 26 heavy (non-hydrogen) atoms. The largest absolute Gasteiger partial charge is 0.366 e. The summed E-state index contributed by atoms with van der Waals surface area (Å²) < 4.78 is 0. The normalized spacial score (nSPS) is 16.6. The molecule has 130 valence electrons. The summed E-state index contributed by atoms with van der Waals surface area (Å²) in [4.78, 5) is 31.4. The van der Waals surface area contributed by atoms with Crippen LogP contribution >= 0.6 is 0 Å². The maximum atomic E-state index is 11.4. The SMILES string of the molecule is NC(=O)c1cccc(-c2nccc([C@H]3CCCN3c3ncccn3)n2)c1. The zero-order valence-electron chi connectivity index (χ0n) is 14.1. The molecule has 1 aliphatic rings. The smallest absolute Gasteiger partial charge is 0.248 e. The molecule has 3 heterocycles. The minimum absolute atomic E-state index is 0.110. The molecule has 2 N–H and O–H groups in total. The highest BCUT2D eigenvalue weighted by Gasteiger charge is 2.29. The standard InChI is InChI=1S/C19H18N6O/c20-17(26)13-4-1-5-14(12-13)18-21-10-7-15(24-18)16-6-2-11-25(16)19-22-8-3-9-23-19/h1,3-5,7-10,12,16H,2,6,11H2,(H2,20,26)/t16-/m1/s1. The van der Waals surface area contributed by atoms with Crippen molar-refractivity contribution in [2.45, 2.75) is 18.9 Å². The molecule has 0 bridgehead atoms. The lowest BCUT2D eigenvalue weighted by molar-refractivity contribution is 0.100. The summed E-state index contributed by atoms with van der Waals surface area (Å²) in [6, 6.07) is 10.9. The number of aromatic nitrogens is 4. The van der Waals surface area contributed by atoms with Gasteiger partial charge in [-0.15, -0.1) is 0 Å². The van der Waals surface area contributed by atoms with Crippen LogP contribution in [0.1, 0.15) is 34.9 Å². The summed E-state index contributed by atoms with van der Waals surface area (Å²) in [5.41, 5.74) is 7.50. The van der Waals surface area contributed by atoms with Crippen molar-refractivity contribution in [3.8, 4) is 11.4 Å². The van der Waals surface area contributed by atoms with Crippen molar-refractivity contribution in [2.75, 3.05) is 11.4 Å². The van der Waals surface area contributed by atoms with E-state index >= 15 is 0 Å². The van der Waals surface area contributed by atoms with E-state index in [1.54, 1.807) is 36.8 Å². The van der Waals surface area contributed by atoms with E-state index in [0.717, 1.165) is 30.6 Å². The molecule has 0 unspecified atom stereocenters. The molecule has 1 atom stereocenters. The average Bonchev–Trinajstić information content (AvgIpc) is 3.19. The highest BCUT2D eigenvalue weighted by Crippen LogP contribution is 2.33. The Kier molecular flexibility index (Phi) is 4.27. The van der Waals surface area contributed by atoms with Crippen LogP contribution in [-0.2, 0) is 0 Å². The second kappa shape index (κ2) is 6.87. The molecule has 7 nitrogen and oxygen atoms in total. The van der Waals surface area contributed by atoms with Gasteiger partial charge in [0.2, 0.25) is 11.9 Å². The third-order valence-corrected chi connectivity index (χ3v) is 4.49. The maximum absolute atomic E-state index is 11.4. The Balaban J connectivity index is 1.67. The number of primary amides is 1. The molecule has 2 aromatic heterocycles. The summed E-state index contributed by atoms with van der Waals surface area (Å²) in [5.74, 6) is 0.823. The fourth-order valence-electron chi connectivity index (χ4n) is 3.26. The van der Waals surface area contributed by atoms with Crippen LogP contribution < -0.4 is 10.6 Å². The Morgan fingerprint density at radius 1 is 1.08 bits per heavy atom. The van der Waals surface area contributed by atoms with E-state index in [9.17, 15) is 4.79 Å². The van der Waals surface area contributed by atoms with Crippen LogP contribution in [0.2, 0.25) is 0 Å². The molecule has 1 aliphatic heterocycles. The summed E-state index contributed by atoms with van der Waals surface area (Å²) in [6.45, 7) is 0.894. The minimum atomic E-state index is -0.466. The number of hydrogen-bond donors (Lipinski definition) is 1. The predicted molar refractivity (Wildman–Crippen MR) is 97.3 cm³/mol. The van der Waals surface area contributed by atoms with Crippen LogP contribution in [0.3, 0.4) is 0 Å². The van der Waals surface area contributed by atoms with E-state index in [1.807, 2.05) is 18.2 Å². The zero-order valence-corrected chi connectivity index (χ0v) is 14.1. The van der Waals surface area contributed by atoms with Crippen LogP contribution in [-0.4, -0.2) is 32.4 Å². The molecule has 0 spiro atoms. The van der Waals surface area contributed by atoms with Crippen molar-refractivity contribution in [1.29, 1.82) is 0 Å². The topological polar surface area (TPSA) is 97.9 Å². The summed E-state index contributed by atoms with van der Waals surface area (Å²) in [5, 5.41) is 0. The number of amides is 1. The first-order valence-electron chi connectivity index (χ1n) is 8.49. The molecule has 1 saturated heterocycles. The zero-order chi connectivity index (χ0) is 17.9. The van der Waals surface area contributed by atoms with Crippen LogP contribution in [0.4, 0.5) is 5.95 Å². The number of nitrogens with zero attached hydrogens (tertiary/aromatic N) is 5. The van der Waals surface area contributed by atoms with Crippen LogP contribution in [0.5, 0.6) is 0 Å². The number of carbonyl (C=O) groups excluding carboxylic acids is 1. The van der Waals surface area contributed by atoms with Crippen molar-refractivity contribution >= 4 is 11.9 Å². The number of anilines is 1. The number of rotatable bonds is 4. The molecule has 0 saturated carbocycles. The molecule has 1 aromatic carbocycles. The lowest BCUT2D eigenvalue weighted by Gasteiger charge is -2.24. The van der Waals surface area contributed by atoms with Gasteiger partial charge in [-0.1, -0.05) is 12.1 Å². The lowest BCUT2D eigenvalue weighted by Crippen LogP contribution is -2.25. The van der Waals surface area contributed by atoms with Gasteiger partial charge in [-0.3, -0.25) is 4.79 Å². The van der Waals surface area contributed by atoms with E-state index in [-0.39, 0.29) is 6.04 Å². The number of carbonyl (C=O) groups is 1. The lowest BCUT2D eigenvalue weighted by atomic mass is 10.1. The quantitative estimate of drug-likeness (QED) is 0.779. The van der Waals surface area contributed by atoms with Gasteiger partial charge in [0.25, 0.3) is 0 Å². The van der Waals surface area contributed by atoms with E-state index in [1.165, 1.54) is 0 Å². The molecule has 0 radical (unpaired) electrons. The monoisotopic (exact) mass is 346 g/mol. The first kappa shape index (κ1) is 16.1.